The van der Waals surface area contributed by atoms with Crippen LogP contribution >= 0.6 is 0 Å². The third kappa shape index (κ3) is 4.95. The Morgan fingerprint density at radius 3 is 1.50 bits per heavy atom. The molecule has 3 aliphatic rings. The summed E-state index contributed by atoms with van der Waals surface area (Å²) in [6, 6.07) is 8.88. The molecular formula is C28H44O6. The zero-order valence-corrected chi connectivity index (χ0v) is 21.7. The first-order valence-electron chi connectivity index (χ1n) is 12.9. The van der Waals surface area contributed by atoms with Gasteiger partial charge in [-0.2, -0.15) is 0 Å². The van der Waals surface area contributed by atoms with Gasteiger partial charge in [0.25, 0.3) is 0 Å². The minimum Gasteiger partial charge on any atom is -0.396 e. The SMILES string of the molecule is CCC1(CO)COC2(CC(c3ccc(C(C)(C)C)cc3)CC3(C2)OCC(CC)(CO)CO3)OC1. The molecule has 0 amide bonds. The standard InChI is InChI=1S/C28H44O6/c1-6-25(15-29)17-31-27(32-18-25)12-22(21-8-10-23(11-9-21)24(3,4)5)13-28(14-27)33-19-26(7-2,16-30)20-34-28/h8-11,22,29-30H,6-7,12-20H2,1-5H3. The van der Waals surface area contributed by atoms with Gasteiger partial charge in [0.05, 0.1) is 46.1 Å². The lowest BCUT2D eigenvalue weighted by Gasteiger charge is -2.56. The van der Waals surface area contributed by atoms with Crippen molar-refractivity contribution in [3.8, 4) is 0 Å². The fourth-order valence-electron chi connectivity index (χ4n) is 5.43. The lowest BCUT2D eigenvalue weighted by Crippen LogP contribution is -2.61. The molecule has 2 spiro atoms. The number of hydrogen-bond acceptors (Lipinski definition) is 6. The monoisotopic (exact) mass is 476 g/mol. The first-order chi connectivity index (χ1) is 16.1. The average molecular weight is 477 g/mol. The van der Waals surface area contributed by atoms with Crippen molar-refractivity contribution < 1.29 is 29.2 Å². The maximum Gasteiger partial charge on any atom is 0.174 e. The molecule has 1 aromatic carbocycles. The van der Waals surface area contributed by atoms with E-state index in [0.29, 0.717) is 32.8 Å². The topological polar surface area (TPSA) is 77.4 Å². The van der Waals surface area contributed by atoms with Gasteiger partial charge < -0.3 is 29.2 Å². The highest BCUT2D eigenvalue weighted by Crippen LogP contribution is 2.53. The number of ether oxygens (including phenoxy) is 4. The van der Waals surface area contributed by atoms with Crippen LogP contribution in [0.15, 0.2) is 24.3 Å². The number of rotatable bonds is 5. The van der Waals surface area contributed by atoms with E-state index in [-0.39, 0.29) is 35.4 Å². The second kappa shape index (κ2) is 9.45. The first kappa shape index (κ1) is 26.1. The van der Waals surface area contributed by atoms with E-state index in [0.717, 1.165) is 25.7 Å². The van der Waals surface area contributed by atoms with Crippen LogP contribution in [0.2, 0.25) is 0 Å². The molecule has 1 saturated carbocycles. The lowest BCUT2D eigenvalue weighted by atomic mass is 9.74. The van der Waals surface area contributed by atoms with Crippen molar-refractivity contribution >= 4 is 0 Å². The molecule has 0 radical (unpaired) electrons. The van der Waals surface area contributed by atoms with Crippen LogP contribution in [-0.2, 0) is 24.4 Å². The minimum atomic E-state index is -0.815. The molecule has 3 fully saturated rings. The number of hydrogen-bond donors (Lipinski definition) is 2. The van der Waals surface area contributed by atoms with Gasteiger partial charge in [-0.15, -0.1) is 0 Å². The Balaban J connectivity index is 1.61. The number of benzene rings is 1. The summed E-state index contributed by atoms with van der Waals surface area (Å²) in [4.78, 5) is 0. The zero-order chi connectivity index (χ0) is 24.7. The van der Waals surface area contributed by atoms with E-state index in [2.05, 4.69) is 58.9 Å². The summed E-state index contributed by atoms with van der Waals surface area (Å²) in [6.45, 7) is 12.7. The van der Waals surface area contributed by atoms with E-state index in [1.165, 1.54) is 11.1 Å². The van der Waals surface area contributed by atoms with E-state index >= 15 is 0 Å². The summed E-state index contributed by atoms with van der Waals surface area (Å²) in [6.07, 6.45) is 3.53. The van der Waals surface area contributed by atoms with Crippen molar-refractivity contribution in [1.82, 2.24) is 0 Å². The van der Waals surface area contributed by atoms with Gasteiger partial charge in [-0.1, -0.05) is 58.9 Å². The minimum absolute atomic E-state index is 0.0466. The molecule has 0 bridgehead atoms. The van der Waals surface area contributed by atoms with E-state index in [1.54, 1.807) is 0 Å². The van der Waals surface area contributed by atoms with Gasteiger partial charge in [0.2, 0.25) is 0 Å². The van der Waals surface area contributed by atoms with Gasteiger partial charge in [-0.25, -0.2) is 0 Å². The largest absolute Gasteiger partial charge is 0.396 e. The van der Waals surface area contributed by atoms with Gasteiger partial charge in [0.15, 0.2) is 11.6 Å². The third-order valence-corrected chi connectivity index (χ3v) is 8.64. The van der Waals surface area contributed by atoms with E-state index in [1.807, 2.05) is 0 Å². The zero-order valence-electron chi connectivity index (χ0n) is 21.7. The molecule has 6 heteroatoms. The van der Waals surface area contributed by atoms with Crippen LogP contribution in [0.3, 0.4) is 0 Å². The van der Waals surface area contributed by atoms with Crippen LogP contribution in [0.25, 0.3) is 0 Å². The van der Waals surface area contributed by atoms with Gasteiger partial charge in [0.1, 0.15) is 0 Å². The van der Waals surface area contributed by atoms with Crippen molar-refractivity contribution in [2.45, 2.75) is 89.6 Å². The summed E-state index contributed by atoms with van der Waals surface area (Å²) < 4.78 is 25.9. The molecule has 2 heterocycles. The average Bonchev–Trinajstić information content (AvgIpc) is 2.85. The van der Waals surface area contributed by atoms with Gasteiger partial charge in [0, 0.05) is 23.7 Å². The molecule has 0 aromatic heterocycles. The van der Waals surface area contributed by atoms with Gasteiger partial charge in [-0.05, 0) is 35.3 Å². The highest BCUT2D eigenvalue weighted by molar-refractivity contribution is 5.30. The Kier molecular flexibility index (Phi) is 7.24. The van der Waals surface area contributed by atoms with Crippen LogP contribution in [0.5, 0.6) is 0 Å². The smallest absolute Gasteiger partial charge is 0.174 e. The molecule has 0 atom stereocenters. The van der Waals surface area contributed by atoms with E-state index in [4.69, 9.17) is 18.9 Å². The van der Waals surface area contributed by atoms with Gasteiger partial charge >= 0.3 is 0 Å². The van der Waals surface area contributed by atoms with Crippen molar-refractivity contribution in [2.24, 2.45) is 10.8 Å². The van der Waals surface area contributed by atoms with E-state index < -0.39 is 11.6 Å². The number of aliphatic hydroxyl groups is 2. The second-order valence-electron chi connectivity index (χ2n) is 12.2. The molecule has 6 nitrogen and oxygen atoms in total. The normalized spacial score (nSPS) is 39.0. The molecule has 2 saturated heterocycles. The van der Waals surface area contributed by atoms with Crippen LogP contribution in [0.4, 0.5) is 0 Å². The van der Waals surface area contributed by atoms with Crippen LogP contribution < -0.4 is 0 Å². The fraction of sp³-hybridized carbons (Fsp3) is 0.786. The summed E-state index contributed by atoms with van der Waals surface area (Å²) in [5.41, 5.74) is 1.91. The van der Waals surface area contributed by atoms with Crippen LogP contribution in [0.1, 0.15) is 83.8 Å². The lowest BCUT2D eigenvalue weighted by molar-refractivity contribution is -0.393. The maximum atomic E-state index is 9.97. The summed E-state index contributed by atoms with van der Waals surface area (Å²) in [7, 11) is 0. The van der Waals surface area contributed by atoms with Crippen molar-refractivity contribution in [3.05, 3.63) is 35.4 Å². The summed E-state index contributed by atoms with van der Waals surface area (Å²) >= 11 is 0. The van der Waals surface area contributed by atoms with Crippen molar-refractivity contribution in [2.75, 3.05) is 39.6 Å². The Labute approximate surface area is 204 Å². The predicted octanol–water partition coefficient (Wildman–Crippen LogP) is 4.52. The number of aliphatic hydroxyl groups excluding tert-OH is 2. The van der Waals surface area contributed by atoms with Crippen molar-refractivity contribution in [3.63, 3.8) is 0 Å². The molecule has 1 aromatic rings. The Bertz CT molecular complexity index is 758. The first-order valence-corrected chi connectivity index (χ1v) is 12.9. The molecule has 2 aliphatic heterocycles. The highest BCUT2D eigenvalue weighted by Gasteiger charge is 2.57. The van der Waals surface area contributed by atoms with Crippen LogP contribution in [-0.4, -0.2) is 61.4 Å². The molecule has 192 valence electrons. The molecule has 1 aliphatic carbocycles. The quantitative estimate of drug-likeness (QED) is 0.651. The highest BCUT2D eigenvalue weighted by atomic mass is 16.7. The Morgan fingerprint density at radius 2 is 1.18 bits per heavy atom. The van der Waals surface area contributed by atoms with Gasteiger partial charge in [-0.3, -0.25) is 0 Å². The van der Waals surface area contributed by atoms with Crippen molar-refractivity contribution in [1.29, 1.82) is 0 Å². The third-order valence-electron chi connectivity index (χ3n) is 8.64. The molecule has 34 heavy (non-hydrogen) atoms. The Morgan fingerprint density at radius 1 is 0.765 bits per heavy atom. The Hall–Kier alpha value is -1.02. The molecule has 2 N–H and O–H groups in total. The molecule has 4 rings (SSSR count). The fourth-order valence-corrected chi connectivity index (χ4v) is 5.43. The molecular weight excluding hydrogens is 432 g/mol. The summed E-state index contributed by atoms with van der Waals surface area (Å²) in [5, 5.41) is 19.9. The predicted molar refractivity (Wildman–Crippen MR) is 131 cm³/mol. The molecule has 0 unspecified atom stereocenters. The van der Waals surface area contributed by atoms with Crippen LogP contribution in [0, 0.1) is 10.8 Å². The summed E-state index contributed by atoms with van der Waals surface area (Å²) in [5.74, 6) is -1.48. The van der Waals surface area contributed by atoms with E-state index in [9.17, 15) is 10.2 Å². The maximum absolute atomic E-state index is 9.97. The second-order valence-corrected chi connectivity index (χ2v) is 12.2.